The molecule has 2 aliphatic rings. The van der Waals surface area contributed by atoms with Crippen LogP contribution < -0.4 is 9.47 Å². The second kappa shape index (κ2) is 13.5. The van der Waals surface area contributed by atoms with E-state index in [9.17, 15) is 14.4 Å². The van der Waals surface area contributed by atoms with E-state index < -0.39 is 17.4 Å². The molecule has 1 saturated carbocycles. The summed E-state index contributed by atoms with van der Waals surface area (Å²) < 4.78 is 12.0. The molecule has 11 heteroatoms. The molecule has 2 aromatic rings. The summed E-state index contributed by atoms with van der Waals surface area (Å²) >= 11 is 0. The lowest BCUT2D eigenvalue weighted by molar-refractivity contribution is -0.138. The van der Waals surface area contributed by atoms with E-state index >= 15 is 0 Å². The molecule has 1 aliphatic heterocycles. The highest BCUT2D eigenvalue weighted by molar-refractivity contribution is 8.93. The van der Waals surface area contributed by atoms with Crippen LogP contribution in [0.5, 0.6) is 11.5 Å². The summed E-state index contributed by atoms with van der Waals surface area (Å²) in [7, 11) is 0. The van der Waals surface area contributed by atoms with Crippen LogP contribution in [0.3, 0.4) is 0 Å². The van der Waals surface area contributed by atoms with Gasteiger partial charge in [0, 0.05) is 47.7 Å². The number of Topliss-reactive ketones (excluding diaryl/α,β-unsaturated/α-hetero) is 1. The second-order valence-corrected chi connectivity index (χ2v) is 11.4. The molecule has 0 saturated heterocycles. The number of nitrogens with one attached hydrogen (secondary N) is 1. The Hall–Kier alpha value is -3.47. The van der Waals surface area contributed by atoms with Gasteiger partial charge in [-0.1, -0.05) is 26.8 Å². The maximum atomic E-state index is 13.6. The van der Waals surface area contributed by atoms with E-state index in [1.165, 1.54) is 0 Å². The molecular formula is C30H38BrN3O7. The number of benzene rings is 1. The van der Waals surface area contributed by atoms with Gasteiger partial charge in [0.2, 0.25) is 0 Å². The largest absolute Gasteiger partial charge is 0.490 e. The van der Waals surface area contributed by atoms with Gasteiger partial charge in [-0.05, 0) is 49.3 Å². The number of ether oxygens (including phenoxy) is 2. The number of nitrogens with zero attached hydrogens (tertiary/aromatic N) is 2. The molecule has 1 aromatic carbocycles. The van der Waals surface area contributed by atoms with Crippen LogP contribution in [0.25, 0.3) is 0 Å². The van der Waals surface area contributed by atoms with Crippen molar-refractivity contribution >= 4 is 40.5 Å². The van der Waals surface area contributed by atoms with Gasteiger partial charge in [0.25, 0.3) is 0 Å². The van der Waals surface area contributed by atoms with Gasteiger partial charge < -0.3 is 24.6 Å². The predicted octanol–water partition coefficient (Wildman–Crippen LogP) is 5.35. The van der Waals surface area contributed by atoms with Crippen molar-refractivity contribution < 1.29 is 34.1 Å². The zero-order valence-corrected chi connectivity index (χ0v) is 25.4. The van der Waals surface area contributed by atoms with Gasteiger partial charge in [-0.15, -0.1) is 17.0 Å². The van der Waals surface area contributed by atoms with Crippen LogP contribution in [0, 0.1) is 5.41 Å². The first kappa shape index (κ1) is 32.0. The van der Waals surface area contributed by atoms with Crippen molar-refractivity contribution in [3.63, 3.8) is 0 Å². The number of ketones is 1. The Kier molecular flexibility index (Phi) is 10.5. The van der Waals surface area contributed by atoms with Gasteiger partial charge in [0.1, 0.15) is 11.5 Å². The van der Waals surface area contributed by atoms with Crippen LogP contribution >= 0.6 is 17.0 Å². The van der Waals surface area contributed by atoms with E-state index in [-0.39, 0.29) is 67.6 Å². The van der Waals surface area contributed by atoms with Crippen LogP contribution in [0.4, 0.5) is 0 Å². The highest BCUT2D eigenvalue weighted by Gasteiger charge is 2.32. The van der Waals surface area contributed by atoms with E-state index in [0.29, 0.717) is 41.6 Å². The Morgan fingerprint density at radius 3 is 2.24 bits per heavy atom. The van der Waals surface area contributed by atoms with Gasteiger partial charge in [-0.3, -0.25) is 19.8 Å². The number of hydrogen-bond donors (Lipinski definition) is 3. The molecule has 0 bridgehead atoms. The molecular weight excluding hydrogens is 594 g/mol. The molecule has 3 N–H and O–H groups in total. The van der Waals surface area contributed by atoms with Gasteiger partial charge >= 0.3 is 11.9 Å². The van der Waals surface area contributed by atoms with Crippen LogP contribution in [0.2, 0.25) is 0 Å². The number of carbonyl (C=O) groups is 3. The average molecular weight is 633 g/mol. The summed E-state index contributed by atoms with van der Waals surface area (Å²) in [5.41, 5.74) is 3.25. The first-order valence-electron chi connectivity index (χ1n) is 13.7. The first-order chi connectivity index (χ1) is 18.9. The second-order valence-electron chi connectivity index (χ2n) is 11.4. The zero-order chi connectivity index (χ0) is 29.0. The Morgan fingerprint density at radius 2 is 1.66 bits per heavy atom. The number of pyridine rings is 1. The number of amidine groups is 1. The smallest absolute Gasteiger partial charge is 0.303 e. The molecule has 1 fully saturated rings. The molecule has 1 aliphatic carbocycles. The molecule has 1 aromatic heterocycles. The summed E-state index contributed by atoms with van der Waals surface area (Å²) in [6, 6.07) is 7.40. The minimum atomic E-state index is -0.930. The molecule has 0 unspecified atom stereocenters. The van der Waals surface area contributed by atoms with Crippen molar-refractivity contribution in [3.05, 3.63) is 52.3 Å². The first-order valence-corrected chi connectivity index (χ1v) is 13.7. The van der Waals surface area contributed by atoms with Gasteiger partial charge in [-0.25, -0.2) is 4.98 Å². The third-order valence-corrected chi connectivity index (χ3v) is 6.99. The number of fused-ring (bicyclic) bond motifs is 1. The van der Waals surface area contributed by atoms with E-state index in [4.69, 9.17) is 30.1 Å². The van der Waals surface area contributed by atoms with E-state index in [1.807, 2.05) is 32.9 Å². The van der Waals surface area contributed by atoms with Crippen molar-refractivity contribution in [1.29, 1.82) is 5.41 Å². The maximum Gasteiger partial charge on any atom is 0.303 e. The van der Waals surface area contributed by atoms with E-state index in [1.54, 1.807) is 17.0 Å². The summed E-state index contributed by atoms with van der Waals surface area (Å²) in [5, 5.41) is 26.6. The fourth-order valence-corrected chi connectivity index (χ4v) is 4.66. The Labute approximate surface area is 250 Å². The highest BCUT2D eigenvalue weighted by Crippen LogP contribution is 2.41. The summed E-state index contributed by atoms with van der Waals surface area (Å²) in [4.78, 5) is 41.9. The molecule has 2 heterocycles. The molecule has 0 spiro atoms. The summed E-state index contributed by atoms with van der Waals surface area (Å²) in [6.07, 6.45) is 2.71. The third kappa shape index (κ3) is 8.28. The van der Waals surface area contributed by atoms with Gasteiger partial charge in [-0.2, -0.15) is 0 Å². The minimum absolute atomic E-state index is 0. The molecule has 0 atom stereocenters. The lowest BCUT2D eigenvalue weighted by Gasteiger charge is -2.26. The molecule has 0 radical (unpaired) electrons. The Morgan fingerprint density at radius 1 is 1.02 bits per heavy atom. The van der Waals surface area contributed by atoms with E-state index in [2.05, 4.69) is 0 Å². The number of carboxylic acids is 2. The number of rotatable bonds is 14. The quantitative estimate of drug-likeness (QED) is 0.185. The highest BCUT2D eigenvalue weighted by atomic mass is 79.9. The van der Waals surface area contributed by atoms with Gasteiger partial charge in [0.05, 0.1) is 19.8 Å². The molecule has 4 rings (SSSR count). The average Bonchev–Trinajstić information content (AvgIpc) is 3.69. The number of hydrogen-bond acceptors (Lipinski definition) is 7. The van der Waals surface area contributed by atoms with Crippen LogP contribution in [-0.2, 0) is 21.5 Å². The Bertz CT molecular complexity index is 1320. The van der Waals surface area contributed by atoms with Crippen molar-refractivity contribution in [2.45, 2.75) is 77.2 Å². The summed E-state index contributed by atoms with van der Waals surface area (Å²) in [5.74, 6) is -0.595. The third-order valence-electron chi connectivity index (χ3n) is 6.99. The summed E-state index contributed by atoms with van der Waals surface area (Å²) in [6.45, 7) is 6.62. The van der Waals surface area contributed by atoms with Crippen LogP contribution in [0.15, 0.2) is 24.3 Å². The van der Waals surface area contributed by atoms with Crippen molar-refractivity contribution in [2.75, 3.05) is 19.8 Å². The SMILES string of the molecule is Br.CC(C)(C)c1cc(C(=O)CN2Cc3ccc(C4CC4)nc3C2=N)cc(OCCCC(=O)O)c1OCCCC(=O)O. The van der Waals surface area contributed by atoms with Crippen LogP contribution in [-0.4, -0.2) is 63.4 Å². The zero-order valence-electron chi connectivity index (χ0n) is 23.7. The Balaban J connectivity index is 0.00000462. The maximum absolute atomic E-state index is 13.6. The number of aliphatic carboxylic acids is 2. The van der Waals surface area contributed by atoms with Crippen molar-refractivity contribution in [1.82, 2.24) is 9.88 Å². The van der Waals surface area contributed by atoms with Crippen LogP contribution in [0.1, 0.15) is 98.1 Å². The topological polar surface area (TPSA) is 150 Å². The molecule has 41 heavy (non-hydrogen) atoms. The molecule has 10 nitrogen and oxygen atoms in total. The van der Waals surface area contributed by atoms with Crippen molar-refractivity contribution in [2.24, 2.45) is 0 Å². The number of aromatic nitrogens is 1. The number of carboxylic acid groups (broad SMARTS) is 2. The minimum Gasteiger partial charge on any atom is -0.490 e. The normalized spacial score (nSPS) is 14.3. The lowest BCUT2D eigenvalue weighted by atomic mass is 9.84. The number of carbonyl (C=O) groups excluding carboxylic acids is 1. The van der Waals surface area contributed by atoms with Crippen molar-refractivity contribution in [3.8, 4) is 11.5 Å². The lowest BCUT2D eigenvalue weighted by Crippen LogP contribution is -2.30. The molecule has 0 amide bonds. The standard InChI is InChI=1S/C30H37N3O7.BrH/c1-30(2,3)21-14-20(15-24(39-12-4-6-25(35)36)28(21)40-13-5-7-26(37)38)23(34)17-33-16-19-10-11-22(18-8-9-18)32-27(19)29(33)31;/h10-11,14-15,18,31H,4-9,12-13,16-17H2,1-3H3,(H,35,36)(H,37,38);1H. The fraction of sp³-hybridized carbons (Fsp3) is 0.500. The molecule has 222 valence electrons. The monoisotopic (exact) mass is 631 g/mol. The number of halogens is 1. The fourth-order valence-electron chi connectivity index (χ4n) is 4.66. The predicted molar refractivity (Wildman–Crippen MR) is 158 cm³/mol. The van der Waals surface area contributed by atoms with Gasteiger partial charge in [0.15, 0.2) is 17.3 Å². The van der Waals surface area contributed by atoms with E-state index in [0.717, 1.165) is 29.7 Å².